The molecule has 0 radical (unpaired) electrons. The summed E-state index contributed by atoms with van der Waals surface area (Å²) in [6.45, 7) is 2.94. The smallest absolute Gasteiger partial charge is 0.0710 e. The van der Waals surface area contributed by atoms with Crippen molar-refractivity contribution >= 4 is 10.2 Å². The molecule has 0 aromatic heterocycles. The van der Waals surface area contributed by atoms with Gasteiger partial charge < -0.3 is 4.74 Å². The Labute approximate surface area is 77.3 Å². The van der Waals surface area contributed by atoms with Gasteiger partial charge in [0.2, 0.25) is 0 Å². The number of nitrogens with zero attached hydrogens (tertiary/aromatic N) is 1. The molecule has 0 saturated carbocycles. The minimum atomic E-state index is -0.0260. The van der Waals surface area contributed by atoms with Gasteiger partial charge in [-0.3, -0.25) is 0 Å². The fourth-order valence-corrected chi connectivity index (χ4v) is 2.99. The molecule has 2 nitrogen and oxygen atoms in total. The van der Waals surface area contributed by atoms with Gasteiger partial charge >= 0.3 is 0 Å². The molecule has 12 heavy (non-hydrogen) atoms. The molecule has 1 saturated heterocycles. The van der Waals surface area contributed by atoms with Crippen molar-refractivity contribution in [3.05, 3.63) is 0 Å². The molecular weight excluding hydrogens is 166 g/mol. The Morgan fingerprint density at radius 3 is 2.83 bits per heavy atom. The van der Waals surface area contributed by atoms with E-state index in [9.17, 15) is 0 Å². The number of hydrogen-bond acceptors (Lipinski definition) is 2. The number of ether oxygens (including phenoxy) is 1. The van der Waals surface area contributed by atoms with Gasteiger partial charge in [0, 0.05) is 16.8 Å². The first-order valence-electron chi connectivity index (χ1n) is 4.76. The highest BCUT2D eigenvalue weighted by Gasteiger charge is 2.35. The highest BCUT2D eigenvalue weighted by molar-refractivity contribution is 6.15. The molecular formula is C9H17NOSi. The van der Waals surface area contributed by atoms with Crippen LogP contribution in [0.25, 0.3) is 0 Å². The van der Waals surface area contributed by atoms with Crippen LogP contribution in [0.4, 0.5) is 0 Å². The van der Waals surface area contributed by atoms with E-state index in [4.69, 9.17) is 10.00 Å². The maximum atomic E-state index is 8.94. The maximum Gasteiger partial charge on any atom is 0.0710 e. The van der Waals surface area contributed by atoms with Gasteiger partial charge in [0.05, 0.1) is 17.2 Å². The molecule has 0 aromatic carbocycles. The molecule has 0 aliphatic carbocycles. The van der Waals surface area contributed by atoms with E-state index in [2.05, 4.69) is 13.0 Å². The summed E-state index contributed by atoms with van der Waals surface area (Å²) in [5, 5.41) is 8.91. The van der Waals surface area contributed by atoms with Crippen molar-refractivity contribution in [1.82, 2.24) is 0 Å². The lowest BCUT2D eigenvalue weighted by molar-refractivity contribution is -0.0424. The van der Waals surface area contributed by atoms with Gasteiger partial charge in [0.15, 0.2) is 0 Å². The fourth-order valence-electron chi connectivity index (χ4n) is 1.89. The lowest BCUT2D eigenvalue weighted by atomic mass is 9.94. The van der Waals surface area contributed by atoms with Gasteiger partial charge in [-0.2, -0.15) is 5.26 Å². The van der Waals surface area contributed by atoms with Crippen LogP contribution < -0.4 is 0 Å². The zero-order valence-corrected chi connectivity index (χ0v) is 9.97. The lowest BCUT2D eigenvalue weighted by Gasteiger charge is -2.37. The van der Waals surface area contributed by atoms with Gasteiger partial charge in [-0.1, -0.05) is 6.92 Å². The van der Waals surface area contributed by atoms with Crippen LogP contribution in [0.5, 0.6) is 0 Å². The average molecular weight is 183 g/mol. The molecule has 2 atom stereocenters. The van der Waals surface area contributed by atoms with Crippen molar-refractivity contribution in [1.29, 1.82) is 5.26 Å². The second kappa shape index (κ2) is 4.06. The SMILES string of the molecule is CCC(C#N)C1([SiH3])CCCCO1. The minimum Gasteiger partial charge on any atom is -0.378 e. The van der Waals surface area contributed by atoms with Crippen LogP contribution in [0.3, 0.4) is 0 Å². The van der Waals surface area contributed by atoms with E-state index in [1.54, 1.807) is 0 Å². The molecule has 0 N–H and O–H groups in total. The summed E-state index contributed by atoms with van der Waals surface area (Å²) in [6, 6.07) is 2.37. The Balaban J connectivity index is 2.61. The summed E-state index contributed by atoms with van der Waals surface area (Å²) in [5.74, 6) is 0.129. The summed E-state index contributed by atoms with van der Waals surface area (Å²) >= 11 is 0. The number of nitriles is 1. The first kappa shape index (κ1) is 9.75. The molecule has 1 fully saturated rings. The van der Waals surface area contributed by atoms with Gasteiger partial charge in [0.25, 0.3) is 0 Å². The molecule has 0 spiro atoms. The van der Waals surface area contributed by atoms with Crippen molar-refractivity contribution in [2.45, 2.75) is 37.8 Å². The molecule has 68 valence electrons. The van der Waals surface area contributed by atoms with Gasteiger partial charge in [-0.05, 0) is 25.7 Å². The lowest BCUT2D eigenvalue weighted by Crippen LogP contribution is -2.43. The fraction of sp³-hybridized carbons (Fsp3) is 0.889. The monoisotopic (exact) mass is 183 g/mol. The topological polar surface area (TPSA) is 33.0 Å². The summed E-state index contributed by atoms with van der Waals surface area (Å²) in [4.78, 5) is 0. The molecule has 0 aromatic rings. The van der Waals surface area contributed by atoms with E-state index in [1.807, 2.05) is 0 Å². The maximum absolute atomic E-state index is 8.94. The zero-order chi connectivity index (χ0) is 9.03. The van der Waals surface area contributed by atoms with Crippen LogP contribution in [-0.4, -0.2) is 22.1 Å². The standard InChI is InChI=1S/C9H17NOSi/c1-2-8(7-10)9(12)5-3-4-6-11-9/h8H,2-6H2,1,12H3. The zero-order valence-electron chi connectivity index (χ0n) is 7.97. The normalized spacial score (nSPS) is 32.7. The highest BCUT2D eigenvalue weighted by Crippen LogP contribution is 2.30. The van der Waals surface area contributed by atoms with Crippen molar-refractivity contribution < 1.29 is 4.74 Å². The van der Waals surface area contributed by atoms with E-state index in [1.165, 1.54) is 12.8 Å². The Bertz CT molecular complexity index is 181. The van der Waals surface area contributed by atoms with Gasteiger partial charge in [-0.25, -0.2) is 0 Å². The van der Waals surface area contributed by atoms with E-state index in [-0.39, 0.29) is 11.1 Å². The van der Waals surface area contributed by atoms with Crippen LogP contribution in [0.1, 0.15) is 32.6 Å². The van der Waals surface area contributed by atoms with Crippen molar-refractivity contribution in [3.8, 4) is 6.07 Å². The van der Waals surface area contributed by atoms with Crippen molar-refractivity contribution in [2.75, 3.05) is 6.61 Å². The number of hydrogen-bond donors (Lipinski definition) is 0. The van der Waals surface area contributed by atoms with Crippen molar-refractivity contribution in [2.24, 2.45) is 5.92 Å². The number of rotatable bonds is 2. The third-order valence-corrected chi connectivity index (χ3v) is 4.29. The predicted molar refractivity (Wildman–Crippen MR) is 51.9 cm³/mol. The first-order chi connectivity index (χ1) is 5.73. The Kier molecular flexibility index (Phi) is 3.30. The Hall–Kier alpha value is -0.333. The Morgan fingerprint density at radius 2 is 2.42 bits per heavy atom. The predicted octanol–water partition coefficient (Wildman–Crippen LogP) is 0.798. The summed E-state index contributed by atoms with van der Waals surface area (Å²) < 4.78 is 5.75. The molecule has 0 bridgehead atoms. The average Bonchev–Trinajstić information content (AvgIpc) is 2.07. The van der Waals surface area contributed by atoms with Crippen LogP contribution in [0.2, 0.25) is 0 Å². The highest BCUT2D eigenvalue weighted by atomic mass is 28.1. The largest absolute Gasteiger partial charge is 0.378 e. The molecule has 0 amide bonds. The third kappa shape index (κ3) is 1.88. The van der Waals surface area contributed by atoms with Crippen LogP contribution >= 0.6 is 0 Å². The van der Waals surface area contributed by atoms with Crippen LogP contribution in [0, 0.1) is 17.2 Å². The van der Waals surface area contributed by atoms with E-state index < -0.39 is 0 Å². The third-order valence-electron chi connectivity index (χ3n) is 2.80. The molecule has 1 heterocycles. The van der Waals surface area contributed by atoms with Crippen LogP contribution in [0.15, 0.2) is 0 Å². The van der Waals surface area contributed by atoms with E-state index in [0.717, 1.165) is 29.7 Å². The Morgan fingerprint density at radius 1 is 1.67 bits per heavy atom. The second-order valence-electron chi connectivity index (χ2n) is 3.71. The van der Waals surface area contributed by atoms with E-state index >= 15 is 0 Å². The second-order valence-corrected chi connectivity index (χ2v) is 5.40. The first-order valence-corrected chi connectivity index (χ1v) is 5.76. The van der Waals surface area contributed by atoms with Crippen molar-refractivity contribution in [3.63, 3.8) is 0 Å². The molecule has 1 aliphatic rings. The quantitative estimate of drug-likeness (QED) is 0.593. The molecule has 2 unspecified atom stereocenters. The molecule has 1 aliphatic heterocycles. The molecule has 1 rings (SSSR count). The summed E-state index contributed by atoms with van der Waals surface area (Å²) in [5.41, 5.74) is 0. The summed E-state index contributed by atoms with van der Waals surface area (Å²) in [7, 11) is 0.988. The van der Waals surface area contributed by atoms with Gasteiger partial charge in [0.1, 0.15) is 0 Å². The van der Waals surface area contributed by atoms with Crippen LogP contribution in [-0.2, 0) is 4.74 Å². The summed E-state index contributed by atoms with van der Waals surface area (Å²) in [6.07, 6.45) is 4.44. The molecule has 3 heteroatoms. The van der Waals surface area contributed by atoms with E-state index in [0.29, 0.717) is 0 Å². The van der Waals surface area contributed by atoms with Gasteiger partial charge in [-0.15, -0.1) is 0 Å². The minimum absolute atomic E-state index is 0.0260.